The van der Waals surface area contributed by atoms with Crippen LogP contribution in [0.2, 0.25) is 0 Å². The topological polar surface area (TPSA) is 47.7 Å². The molecule has 2 N–H and O–H groups in total. The summed E-state index contributed by atoms with van der Waals surface area (Å²) in [6.45, 7) is 5.15. The molecule has 0 aliphatic heterocycles. The zero-order valence-electron chi connectivity index (χ0n) is 13.2. The van der Waals surface area contributed by atoms with Crippen molar-refractivity contribution in [1.29, 1.82) is 0 Å². The van der Waals surface area contributed by atoms with E-state index in [9.17, 15) is 0 Å². The Kier molecular flexibility index (Phi) is 9.11. The van der Waals surface area contributed by atoms with E-state index in [1.54, 1.807) is 14.2 Å². The Balaban J connectivity index is 3.04. The Morgan fingerprint density at radius 3 is 2.19 bits per heavy atom. The zero-order chi connectivity index (χ0) is 15.7. The number of nitrogens with zero attached hydrogens (tertiary/aromatic N) is 1. The average Bonchev–Trinajstić information content (AvgIpc) is 2.51. The molecule has 21 heavy (non-hydrogen) atoms. The molecule has 0 saturated carbocycles. The maximum Gasteiger partial charge on any atom is 0.0589 e. The van der Waals surface area contributed by atoms with Crippen LogP contribution in [0.25, 0.3) is 0 Å². The molecule has 4 nitrogen and oxygen atoms in total. The fraction of sp³-hybridized carbons (Fsp3) is 0.625. The third-order valence-electron chi connectivity index (χ3n) is 3.66. The maximum absolute atomic E-state index is 6.42. The van der Waals surface area contributed by atoms with Gasteiger partial charge in [-0.25, -0.2) is 0 Å². The second-order valence-electron chi connectivity index (χ2n) is 5.06. The van der Waals surface area contributed by atoms with Crippen LogP contribution in [-0.2, 0) is 9.47 Å². The quantitative estimate of drug-likeness (QED) is 0.698. The highest BCUT2D eigenvalue weighted by atomic mass is 79.9. The second kappa shape index (κ2) is 10.3. The lowest BCUT2D eigenvalue weighted by atomic mass is 9.96. The number of nitrogens with two attached hydrogens (primary N) is 1. The Labute approximate surface area is 136 Å². The summed E-state index contributed by atoms with van der Waals surface area (Å²) >= 11 is 3.65. The molecule has 120 valence electrons. The van der Waals surface area contributed by atoms with Gasteiger partial charge in [0.1, 0.15) is 0 Å². The summed E-state index contributed by atoms with van der Waals surface area (Å²) in [7, 11) is 3.45. The lowest BCUT2D eigenvalue weighted by Gasteiger charge is -2.36. The van der Waals surface area contributed by atoms with Crippen molar-refractivity contribution in [3.05, 3.63) is 34.3 Å². The van der Waals surface area contributed by atoms with E-state index in [1.165, 1.54) is 5.56 Å². The Bertz CT molecular complexity index is 396. The van der Waals surface area contributed by atoms with Gasteiger partial charge in [-0.2, -0.15) is 0 Å². The van der Waals surface area contributed by atoms with Crippen LogP contribution in [0.5, 0.6) is 0 Å². The molecule has 0 spiro atoms. The zero-order valence-corrected chi connectivity index (χ0v) is 14.8. The van der Waals surface area contributed by atoms with Crippen molar-refractivity contribution in [2.24, 2.45) is 5.73 Å². The van der Waals surface area contributed by atoms with Gasteiger partial charge in [0.05, 0.1) is 19.3 Å². The van der Waals surface area contributed by atoms with Gasteiger partial charge in [-0.05, 0) is 18.1 Å². The van der Waals surface area contributed by atoms with Crippen molar-refractivity contribution in [1.82, 2.24) is 4.90 Å². The molecule has 0 bridgehead atoms. The van der Waals surface area contributed by atoms with Crippen LogP contribution in [0.15, 0.2) is 28.7 Å². The first-order valence-corrected chi connectivity index (χ1v) is 8.16. The molecule has 1 aromatic carbocycles. The fourth-order valence-corrected chi connectivity index (χ4v) is 2.96. The molecule has 0 fully saturated rings. The van der Waals surface area contributed by atoms with Crippen LogP contribution in [0.3, 0.4) is 0 Å². The van der Waals surface area contributed by atoms with Gasteiger partial charge < -0.3 is 15.2 Å². The van der Waals surface area contributed by atoms with Gasteiger partial charge in [-0.3, -0.25) is 4.90 Å². The normalized spacial score (nSPS) is 14.4. The number of hydrogen-bond acceptors (Lipinski definition) is 4. The Hall–Kier alpha value is -0.460. The van der Waals surface area contributed by atoms with Crippen molar-refractivity contribution >= 4 is 15.9 Å². The first-order valence-electron chi connectivity index (χ1n) is 7.37. The fourth-order valence-electron chi connectivity index (χ4n) is 2.44. The van der Waals surface area contributed by atoms with Gasteiger partial charge in [0, 0.05) is 37.8 Å². The molecular formula is C16H27BrN2O2. The Morgan fingerprint density at radius 1 is 1.14 bits per heavy atom. The van der Waals surface area contributed by atoms with Crippen LogP contribution in [0.4, 0.5) is 0 Å². The van der Waals surface area contributed by atoms with E-state index < -0.39 is 0 Å². The molecule has 0 radical (unpaired) electrons. The van der Waals surface area contributed by atoms with E-state index >= 15 is 0 Å². The first kappa shape index (κ1) is 18.6. The van der Waals surface area contributed by atoms with E-state index in [4.69, 9.17) is 15.2 Å². The molecule has 2 atom stereocenters. The summed E-state index contributed by atoms with van der Waals surface area (Å²) in [5.41, 5.74) is 7.64. The second-order valence-corrected chi connectivity index (χ2v) is 5.91. The average molecular weight is 359 g/mol. The van der Waals surface area contributed by atoms with E-state index in [0.29, 0.717) is 13.2 Å². The van der Waals surface area contributed by atoms with Crippen molar-refractivity contribution in [2.45, 2.75) is 25.4 Å². The predicted molar refractivity (Wildman–Crippen MR) is 90.5 cm³/mol. The van der Waals surface area contributed by atoms with Gasteiger partial charge in [0.2, 0.25) is 0 Å². The van der Waals surface area contributed by atoms with Crippen molar-refractivity contribution in [3.8, 4) is 0 Å². The summed E-state index contributed by atoms with van der Waals surface area (Å²) in [5, 5.41) is 0. The molecule has 0 saturated heterocycles. The number of methoxy groups -OCH3 is 2. The third-order valence-corrected chi connectivity index (χ3v) is 4.38. The van der Waals surface area contributed by atoms with E-state index in [0.717, 1.165) is 24.0 Å². The molecule has 0 aliphatic rings. The molecule has 0 amide bonds. The minimum atomic E-state index is 0.0670. The minimum Gasteiger partial charge on any atom is -0.383 e. The smallest absolute Gasteiger partial charge is 0.0589 e. The molecule has 1 aromatic rings. The van der Waals surface area contributed by atoms with Gasteiger partial charge in [0.25, 0.3) is 0 Å². The highest BCUT2D eigenvalue weighted by Crippen LogP contribution is 2.30. The lowest BCUT2D eigenvalue weighted by molar-refractivity contribution is 0.0773. The highest BCUT2D eigenvalue weighted by molar-refractivity contribution is 9.10. The van der Waals surface area contributed by atoms with Crippen molar-refractivity contribution in [2.75, 3.05) is 40.5 Å². The van der Waals surface area contributed by atoms with Gasteiger partial charge in [0.15, 0.2) is 0 Å². The predicted octanol–water partition coefficient (Wildman–Crippen LogP) is 2.82. The highest BCUT2D eigenvalue weighted by Gasteiger charge is 2.26. The van der Waals surface area contributed by atoms with Crippen LogP contribution >= 0.6 is 15.9 Å². The lowest BCUT2D eigenvalue weighted by Crippen LogP contribution is -2.43. The van der Waals surface area contributed by atoms with E-state index in [-0.39, 0.29) is 12.1 Å². The van der Waals surface area contributed by atoms with E-state index in [2.05, 4.69) is 46.0 Å². The Morgan fingerprint density at radius 2 is 1.71 bits per heavy atom. The SMILES string of the molecule is CCC(N)C(c1ccccc1Br)N(CCOC)CCOC. The summed E-state index contributed by atoms with van der Waals surface area (Å²) in [6.07, 6.45) is 0.919. The van der Waals surface area contributed by atoms with Crippen molar-refractivity contribution < 1.29 is 9.47 Å². The summed E-state index contributed by atoms with van der Waals surface area (Å²) < 4.78 is 11.6. The van der Waals surface area contributed by atoms with Crippen LogP contribution in [0.1, 0.15) is 24.9 Å². The van der Waals surface area contributed by atoms with Gasteiger partial charge >= 0.3 is 0 Å². The number of benzene rings is 1. The molecule has 0 aromatic heterocycles. The van der Waals surface area contributed by atoms with Gasteiger partial charge in [-0.1, -0.05) is 41.1 Å². The largest absolute Gasteiger partial charge is 0.383 e. The minimum absolute atomic E-state index is 0.0670. The molecule has 5 heteroatoms. The molecular weight excluding hydrogens is 332 g/mol. The summed E-state index contributed by atoms with van der Waals surface area (Å²) in [4.78, 5) is 2.35. The maximum atomic E-state index is 6.42. The number of halogens is 1. The van der Waals surface area contributed by atoms with E-state index in [1.807, 2.05) is 6.07 Å². The van der Waals surface area contributed by atoms with Crippen LogP contribution < -0.4 is 5.73 Å². The molecule has 2 unspecified atom stereocenters. The molecule has 1 rings (SSSR count). The van der Waals surface area contributed by atoms with Crippen LogP contribution in [0, 0.1) is 0 Å². The molecule has 0 heterocycles. The number of hydrogen-bond donors (Lipinski definition) is 1. The molecule has 0 aliphatic carbocycles. The number of ether oxygens (including phenoxy) is 2. The van der Waals surface area contributed by atoms with Crippen LogP contribution in [-0.4, -0.2) is 51.5 Å². The van der Waals surface area contributed by atoms with Gasteiger partial charge in [-0.15, -0.1) is 0 Å². The third kappa shape index (κ3) is 5.68. The number of rotatable bonds is 10. The standard InChI is InChI=1S/C16H27BrN2O2/c1-4-15(18)16(13-7-5-6-8-14(13)17)19(9-11-20-2)10-12-21-3/h5-8,15-16H,4,9-12,18H2,1-3H3. The summed E-state index contributed by atoms with van der Waals surface area (Å²) in [6, 6.07) is 8.50. The van der Waals surface area contributed by atoms with Crippen molar-refractivity contribution in [3.63, 3.8) is 0 Å². The monoisotopic (exact) mass is 358 g/mol. The summed E-state index contributed by atoms with van der Waals surface area (Å²) in [5.74, 6) is 0. The first-order chi connectivity index (χ1) is 10.2.